The summed E-state index contributed by atoms with van der Waals surface area (Å²) in [4.78, 5) is 8.44. The second kappa shape index (κ2) is 5.52. The highest BCUT2D eigenvalue weighted by atomic mass is 15.2. The fraction of sp³-hybridized carbons (Fsp3) is 0.231. The fourth-order valence-corrected chi connectivity index (χ4v) is 1.77. The number of hydrogen-bond acceptors (Lipinski definition) is 4. The highest BCUT2D eigenvalue weighted by Crippen LogP contribution is 2.16. The van der Waals surface area contributed by atoms with Crippen molar-refractivity contribution in [2.24, 2.45) is 5.84 Å². The predicted octanol–water partition coefficient (Wildman–Crippen LogP) is 1.53. The molecule has 1 heterocycles. The topological polar surface area (TPSA) is 63.8 Å². The van der Waals surface area contributed by atoms with Gasteiger partial charge >= 0.3 is 0 Å². The first-order valence-corrected chi connectivity index (χ1v) is 5.59. The van der Waals surface area contributed by atoms with Crippen LogP contribution in [0, 0.1) is 6.92 Å². The lowest BCUT2D eigenvalue weighted by atomic mass is 10.0. The average Bonchev–Trinajstić information content (AvgIpc) is 2.39. The zero-order valence-corrected chi connectivity index (χ0v) is 9.80. The van der Waals surface area contributed by atoms with E-state index in [2.05, 4.69) is 34.5 Å². The number of nitrogens with two attached hydrogens (primary N) is 1. The van der Waals surface area contributed by atoms with Crippen LogP contribution < -0.4 is 11.3 Å². The maximum Gasteiger partial charge on any atom is 0.146 e. The molecule has 1 unspecified atom stereocenters. The molecule has 0 spiro atoms. The molecule has 0 aliphatic rings. The van der Waals surface area contributed by atoms with Gasteiger partial charge in [0.05, 0.1) is 6.04 Å². The van der Waals surface area contributed by atoms with Crippen molar-refractivity contribution in [3.63, 3.8) is 0 Å². The van der Waals surface area contributed by atoms with Crippen LogP contribution in [-0.2, 0) is 6.42 Å². The Balaban J connectivity index is 2.19. The zero-order valence-electron chi connectivity index (χ0n) is 9.80. The van der Waals surface area contributed by atoms with Gasteiger partial charge in [-0.15, -0.1) is 0 Å². The van der Waals surface area contributed by atoms with Crippen LogP contribution in [0.2, 0.25) is 0 Å². The summed E-state index contributed by atoms with van der Waals surface area (Å²) in [5, 5.41) is 0. The highest BCUT2D eigenvalue weighted by molar-refractivity contribution is 5.27. The number of aryl methyl sites for hydroxylation is 1. The van der Waals surface area contributed by atoms with Gasteiger partial charge in [-0.2, -0.15) is 0 Å². The lowest BCUT2D eigenvalue weighted by Gasteiger charge is -2.15. The maximum atomic E-state index is 5.57. The van der Waals surface area contributed by atoms with Crippen molar-refractivity contribution < 1.29 is 0 Å². The van der Waals surface area contributed by atoms with Crippen LogP contribution in [0.5, 0.6) is 0 Å². The van der Waals surface area contributed by atoms with Gasteiger partial charge in [-0.05, 0) is 30.5 Å². The van der Waals surface area contributed by atoms with Crippen LogP contribution in [0.3, 0.4) is 0 Å². The molecule has 0 bridgehead atoms. The summed E-state index contributed by atoms with van der Waals surface area (Å²) in [5.41, 5.74) is 5.28. The van der Waals surface area contributed by atoms with E-state index < -0.39 is 0 Å². The lowest BCUT2D eigenvalue weighted by Crippen LogP contribution is -2.31. The minimum atomic E-state index is -0.0581. The van der Waals surface area contributed by atoms with E-state index in [4.69, 9.17) is 5.84 Å². The Kier molecular flexibility index (Phi) is 3.80. The van der Waals surface area contributed by atoms with Crippen LogP contribution in [0.4, 0.5) is 0 Å². The van der Waals surface area contributed by atoms with Gasteiger partial charge in [-0.3, -0.25) is 5.84 Å². The molecule has 0 aliphatic heterocycles. The molecule has 1 aromatic carbocycles. The second-order valence-electron chi connectivity index (χ2n) is 3.96. The number of rotatable bonds is 4. The predicted molar refractivity (Wildman–Crippen MR) is 67.0 cm³/mol. The Morgan fingerprint density at radius 3 is 2.53 bits per heavy atom. The van der Waals surface area contributed by atoms with Gasteiger partial charge in [0.1, 0.15) is 5.82 Å². The quantitative estimate of drug-likeness (QED) is 0.615. The molecular formula is C13H16N4. The summed E-state index contributed by atoms with van der Waals surface area (Å²) in [6.07, 6.45) is 4.24. The van der Waals surface area contributed by atoms with E-state index in [1.165, 1.54) is 11.1 Å². The highest BCUT2D eigenvalue weighted by Gasteiger charge is 2.13. The van der Waals surface area contributed by atoms with E-state index in [1.807, 2.05) is 12.1 Å². The van der Waals surface area contributed by atoms with Gasteiger partial charge < -0.3 is 0 Å². The molecule has 1 atom stereocenters. The Morgan fingerprint density at radius 1 is 1.18 bits per heavy atom. The van der Waals surface area contributed by atoms with Crippen molar-refractivity contribution in [1.29, 1.82) is 0 Å². The van der Waals surface area contributed by atoms with E-state index in [1.54, 1.807) is 18.5 Å². The van der Waals surface area contributed by atoms with E-state index in [-0.39, 0.29) is 6.04 Å². The van der Waals surface area contributed by atoms with Crippen LogP contribution in [-0.4, -0.2) is 9.97 Å². The molecular weight excluding hydrogens is 212 g/mol. The molecule has 4 nitrogen and oxygen atoms in total. The molecule has 0 amide bonds. The first kappa shape index (κ1) is 11.7. The molecule has 88 valence electrons. The minimum absolute atomic E-state index is 0.0581. The van der Waals surface area contributed by atoms with Crippen molar-refractivity contribution in [1.82, 2.24) is 15.4 Å². The Bertz CT molecular complexity index is 470. The molecule has 1 aromatic heterocycles. The number of nitrogens with one attached hydrogen (secondary N) is 1. The number of hydrogen-bond donors (Lipinski definition) is 2. The van der Waals surface area contributed by atoms with Gasteiger partial charge in [0.25, 0.3) is 0 Å². The summed E-state index contributed by atoms with van der Waals surface area (Å²) in [6, 6.07) is 9.99. The van der Waals surface area contributed by atoms with Gasteiger partial charge in [0, 0.05) is 12.4 Å². The van der Waals surface area contributed by atoms with Crippen LogP contribution in [0.25, 0.3) is 0 Å². The number of nitrogens with zero attached hydrogens (tertiary/aromatic N) is 2. The lowest BCUT2D eigenvalue weighted by molar-refractivity contribution is 0.521. The van der Waals surface area contributed by atoms with Crippen molar-refractivity contribution in [2.75, 3.05) is 0 Å². The van der Waals surface area contributed by atoms with Gasteiger partial charge in [0.15, 0.2) is 0 Å². The largest absolute Gasteiger partial charge is 0.271 e. The van der Waals surface area contributed by atoms with Gasteiger partial charge in [-0.25, -0.2) is 15.4 Å². The first-order valence-electron chi connectivity index (χ1n) is 5.59. The smallest absolute Gasteiger partial charge is 0.146 e. The first-order chi connectivity index (χ1) is 8.31. The standard InChI is InChI=1S/C13H16N4/c1-10-5-2-3-6-11(10)9-12(17-14)13-15-7-4-8-16-13/h2-8,12,17H,9,14H2,1H3. The van der Waals surface area contributed by atoms with Crippen LogP contribution in [0.15, 0.2) is 42.7 Å². The van der Waals surface area contributed by atoms with Crippen LogP contribution in [0.1, 0.15) is 23.0 Å². The third-order valence-corrected chi connectivity index (χ3v) is 2.78. The van der Waals surface area contributed by atoms with E-state index in [0.29, 0.717) is 0 Å². The third kappa shape index (κ3) is 2.87. The molecule has 0 saturated heterocycles. The summed E-state index contributed by atoms with van der Waals surface area (Å²) in [7, 11) is 0. The summed E-state index contributed by atoms with van der Waals surface area (Å²) < 4.78 is 0. The van der Waals surface area contributed by atoms with Crippen molar-refractivity contribution in [3.8, 4) is 0 Å². The van der Waals surface area contributed by atoms with Crippen LogP contribution >= 0.6 is 0 Å². The average molecular weight is 228 g/mol. The molecule has 0 saturated carbocycles. The van der Waals surface area contributed by atoms with Gasteiger partial charge in [-0.1, -0.05) is 24.3 Å². The fourth-order valence-electron chi connectivity index (χ4n) is 1.77. The maximum absolute atomic E-state index is 5.57. The SMILES string of the molecule is Cc1ccccc1CC(NN)c1ncccn1. The van der Waals surface area contributed by atoms with Crippen molar-refractivity contribution in [2.45, 2.75) is 19.4 Å². The third-order valence-electron chi connectivity index (χ3n) is 2.78. The number of aromatic nitrogens is 2. The molecule has 2 aromatic rings. The van der Waals surface area contributed by atoms with Crippen molar-refractivity contribution >= 4 is 0 Å². The summed E-state index contributed by atoms with van der Waals surface area (Å²) in [5.74, 6) is 6.29. The number of benzene rings is 1. The second-order valence-corrected chi connectivity index (χ2v) is 3.96. The normalized spacial score (nSPS) is 12.4. The Labute approximate surface area is 101 Å². The summed E-state index contributed by atoms with van der Waals surface area (Å²) in [6.45, 7) is 2.09. The molecule has 0 fully saturated rings. The number of hydrazine groups is 1. The van der Waals surface area contributed by atoms with E-state index >= 15 is 0 Å². The van der Waals surface area contributed by atoms with E-state index in [0.717, 1.165) is 12.2 Å². The molecule has 4 heteroatoms. The minimum Gasteiger partial charge on any atom is -0.271 e. The Hall–Kier alpha value is -1.78. The monoisotopic (exact) mass is 228 g/mol. The zero-order chi connectivity index (χ0) is 12.1. The molecule has 17 heavy (non-hydrogen) atoms. The molecule has 2 rings (SSSR count). The van der Waals surface area contributed by atoms with Gasteiger partial charge in [0.2, 0.25) is 0 Å². The Morgan fingerprint density at radius 2 is 1.88 bits per heavy atom. The molecule has 3 N–H and O–H groups in total. The molecule has 0 radical (unpaired) electrons. The summed E-state index contributed by atoms with van der Waals surface area (Å²) >= 11 is 0. The molecule has 0 aliphatic carbocycles. The van der Waals surface area contributed by atoms with E-state index in [9.17, 15) is 0 Å². The van der Waals surface area contributed by atoms with Crippen molar-refractivity contribution in [3.05, 3.63) is 59.7 Å².